The fourth-order valence-corrected chi connectivity index (χ4v) is 4.65. The number of likely N-dealkylation sites (tertiary alicyclic amines) is 2. The van der Waals surface area contributed by atoms with Gasteiger partial charge in [0.05, 0.1) is 12.5 Å². The molecule has 0 aromatic carbocycles. The Labute approximate surface area is 153 Å². The minimum Gasteiger partial charge on any atom is -0.368 e. The summed E-state index contributed by atoms with van der Waals surface area (Å²) in [7, 11) is 0. The van der Waals surface area contributed by atoms with Crippen molar-refractivity contribution >= 4 is 23.2 Å². The molecule has 6 heteroatoms. The minimum absolute atomic E-state index is 0.0275. The molecule has 2 aliphatic heterocycles. The lowest BCUT2D eigenvalue weighted by Crippen LogP contribution is -2.60. The van der Waals surface area contributed by atoms with Crippen LogP contribution in [0, 0.1) is 12.3 Å². The first kappa shape index (κ1) is 18.1. The molecule has 1 unspecified atom stereocenters. The maximum absolute atomic E-state index is 12.8. The van der Waals surface area contributed by atoms with Gasteiger partial charge in [-0.15, -0.1) is 17.9 Å². The summed E-state index contributed by atoms with van der Waals surface area (Å²) in [6, 6.07) is 4.13. The average Bonchev–Trinajstić information content (AvgIpc) is 3.19. The molecule has 0 bridgehead atoms. The van der Waals surface area contributed by atoms with E-state index in [-0.39, 0.29) is 29.8 Å². The van der Waals surface area contributed by atoms with E-state index in [1.165, 1.54) is 4.88 Å². The van der Waals surface area contributed by atoms with Gasteiger partial charge in [-0.1, -0.05) is 6.08 Å². The molecular formula is C19H26N2O3S. The maximum atomic E-state index is 12.8. The van der Waals surface area contributed by atoms with Crippen LogP contribution < -0.4 is 0 Å². The molecule has 2 aliphatic rings. The van der Waals surface area contributed by atoms with E-state index in [9.17, 15) is 9.59 Å². The van der Waals surface area contributed by atoms with E-state index in [0.29, 0.717) is 6.61 Å². The van der Waals surface area contributed by atoms with Crippen LogP contribution in [-0.2, 0) is 14.3 Å². The second-order valence-corrected chi connectivity index (χ2v) is 8.55. The zero-order valence-corrected chi connectivity index (χ0v) is 15.8. The highest BCUT2D eigenvalue weighted by Crippen LogP contribution is 2.40. The largest absolute Gasteiger partial charge is 0.368 e. The van der Waals surface area contributed by atoms with Gasteiger partial charge in [0, 0.05) is 41.3 Å². The molecule has 2 fully saturated rings. The topological polar surface area (TPSA) is 49.9 Å². The zero-order chi connectivity index (χ0) is 18.0. The van der Waals surface area contributed by atoms with Crippen molar-refractivity contribution in [2.24, 2.45) is 5.41 Å². The molecule has 3 rings (SSSR count). The lowest BCUT2D eigenvalue weighted by molar-refractivity contribution is -0.147. The van der Waals surface area contributed by atoms with Gasteiger partial charge in [-0.2, -0.15) is 0 Å². The first-order valence-electron chi connectivity index (χ1n) is 8.76. The van der Waals surface area contributed by atoms with Crippen LogP contribution in [0.25, 0.3) is 0 Å². The SMILES string of the molecule is C=CCOCC(=O)N1CC2(CCN(C(=O)C(C)c3ccc(C)s3)C2)C1. The number of hydrogen-bond donors (Lipinski definition) is 0. The Morgan fingerprint density at radius 1 is 1.36 bits per heavy atom. The van der Waals surface area contributed by atoms with Gasteiger partial charge in [0.1, 0.15) is 6.61 Å². The predicted octanol–water partition coefficient (Wildman–Crippen LogP) is 2.42. The van der Waals surface area contributed by atoms with Crippen molar-refractivity contribution in [3.63, 3.8) is 0 Å². The van der Waals surface area contributed by atoms with Gasteiger partial charge in [-0.25, -0.2) is 0 Å². The fraction of sp³-hybridized carbons (Fsp3) is 0.579. The normalized spacial score (nSPS) is 19.8. The van der Waals surface area contributed by atoms with E-state index in [1.807, 2.05) is 16.7 Å². The van der Waals surface area contributed by atoms with Crippen LogP contribution in [-0.4, -0.2) is 61.0 Å². The molecular weight excluding hydrogens is 336 g/mol. The first-order valence-corrected chi connectivity index (χ1v) is 9.57. The van der Waals surface area contributed by atoms with E-state index < -0.39 is 0 Å². The summed E-state index contributed by atoms with van der Waals surface area (Å²) in [5, 5.41) is 0. The Balaban J connectivity index is 1.50. The van der Waals surface area contributed by atoms with E-state index in [1.54, 1.807) is 17.4 Å². The Bertz CT molecular complexity index is 663. The molecule has 1 aromatic heterocycles. The lowest BCUT2D eigenvalue weighted by atomic mass is 9.79. The van der Waals surface area contributed by atoms with Crippen molar-refractivity contribution in [2.75, 3.05) is 39.4 Å². The Morgan fingerprint density at radius 2 is 2.08 bits per heavy atom. The van der Waals surface area contributed by atoms with E-state index >= 15 is 0 Å². The maximum Gasteiger partial charge on any atom is 0.248 e. The molecule has 1 atom stereocenters. The Hall–Kier alpha value is -1.66. The van der Waals surface area contributed by atoms with Gasteiger partial charge in [0.15, 0.2) is 0 Å². The van der Waals surface area contributed by atoms with E-state index in [4.69, 9.17) is 4.74 Å². The smallest absolute Gasteiger partial charge is 0.248 e. The molecule has 0 radical (unpaired) electrons. The number of amides is 2. The van der Waals surface area contributed by atoms with Crippen molar-refractivity contribution in [1.29, 1.82) is 0 Å². The summed E-state index contributed by atoms with van der Waals surface area (Å²) < 4.78 is 5.22. The predicted molar refractivity (Wildman–Crippen MR) is 98.7 cm³/mol. The number of rotatable bonds is 6. The van der Waals surface area contributed by atoms with Gasteiger partial charge in [0.2, 0.25) is 11.8 Å². The molecule has 25 heavy (non-hydrogen) atoms. The van der Waals surface area contributed by atoms with Crippen LogP contribution >= 0.6 is 11.3 Å². The first-order chi connectivity index (χ1) is 11.9. The highest BCUT2D eigenvalue weighted by atomic mass is 32.1. The van der Waals surface area contributed by atoms with Crippen molar-refractivity contribution in [3.05, 3.63) is 34.5 Å². The monoisotopic (exact) mass is 362 g/mol. The summed E-state index contributed by atoms with van der Waals surface area (Å²) >= 11 is 1.70. The van der Waals surface area contributed by atoms with Gasteiger partial charge in [0.25, 0.3) is 0 Å². The van der Waals surface area contributed by atoms with Crippen LogP contribution in [0.5, 0.6) is 0 Å². The van der Waals surface area contributed by atoms with Crippen molar-refractivity contribution in [2.45, 2.75) is 26.2 Å². The molecule has 0 saturated carbocycles. The number of carbonyl (C=O) groups excluding carboxylic acids is 2. The van der Waals surface area contributed by atoms with Crippen molar-refractivity contribution in [3.8, 4) is 0 Å². The number of ether oxygens (including phenoxy) is 1. The summed E-state index contributed by atoms with van der Waals surface area (Å²) in [5.41, 5.74) is 0.0921. The molecule has 1 spiro atoms. The van der Waals surface area contributed by atoms with Crippen LogP contribution in [0.1, 0.15) is 29.0 Å². The van der Waals surface area contributed by atoms with Crippen molar-refractivity contribution in [1.82, 2.24) is 9.80 Å². The molecule has 2 saturated heterocycles. The molecule has 136 valence electrons. The second-order valence-electron chi connectivity index (χ2n) is 7.23. The fourth-order valence-electron chi connectivity index (χ4n) is 3.72. The summed E-state index contributed by atoms with van der Waals surface area (Å²) in [6.07, 6.45) is 2.62. The standard InChI is InChI=1S/C19H26N2O3S/c1-4-9-24-10-17(22)21-12-19(13-21)7-8-20(11-19)18(23)15(3)16-6-5-14(2)25-16/h4-6,15H,1,7-13H2,2-3H3. The van der Waals surface area contributed by atoms with Crippen molar-refractivity contribution < 1.29 is 14.3 Å². The van der Waals surface area contributed by atoms with Gasteiger partial charge in [-0.3, -0.25) is 9.59 Å². The van der Waals surface area contributed by atoms with Gasteiger partial charge < -0.3 is 14.5 Å². The Kier molecular flexibility index (Phi) is 5.29. The second kappa shape index (κ2) is 7.30. The zero-order valence-electron chi connectivity index (χ0n) is 15.0. The van der Waals surface area contributed by atoms with Gasteiger partial charge >= 0.3 is 0 Å². The third kappa shape index (κ3) is 3.80. The number of thiophene rings is 1. The highest BCUT2D eigenvalue weighted by molar-refractivity contribution is 7.12. The van der Waals surface area contributed by atoms with Crippen LogP contribution in [0.4, 0.5) is 0 Å². The van der Waals surface area contributed by atoms with Crippen LogP contribution in [0.3, 0.4) is 0 Å². The molecule has 0 aliphatic carbocycles. The van der Waals surface area contributed by atoms with Crippen LogP contribution in [0.15, 0.2) is 24.8 Å². The average molecular weight is 362 g/mol. The number of nitrogens with zero attached hydrogens (tertiary/aromatic N) is 2. The lowest BCUT2D eigenvalue weighted by Gasteiger charge is -2.48. The highest BCUT2D eigenvalue weighted by Gasteiger charge is 2.50. The Morgan fingerprint density at radius 3 is 2.72 bits per heavy atom. The van der Waals surface area contributed by atoms with E-state index in [2.05, 4.69) is 25.6 Å². The summed E-state index contributed by atoms with van der Waals surface area (Å²) in [6.45, 7) is 11.2. The molecule has 3 heterocycles. The third-order valence-electron chi connectivity index (χ3n) is 5.17. The molecule has 2 amide bonds. The van der Waals surface area contributed by atoms with Gasteiger partial charge in [-0.05, 0) is 32.4 Å². The minimum atomic E-state index is -0.0843. The quantitative estimate of drug-likeness (QED) is 0.577. The molecule has 0 N–H and O–H groups in total. The van der Waals surface area contributed by atoms with E-state index in [0.717, 1.165) is 37.5 Å². The summed E-state index contributed by atoms with van der Waals surface area (Å²) in [4.78, 5) is 31.0. The molecule has 1 aromatic rings. The molecule has 5 nitrogen and oxygen atoms in total. The third-order valence-corrected chi connectivity index (χ3v) is 6.36. The number of aryl methyl sites for hydroxylation is 1. The summed E-state index contributed by atoms with van der Waals surface area (Å²) in [5.74, 6) is 0.150. The number of carbonyl (C=O) groups is 2. The van der Waals surface area contributed by atoms with Crippen LogP contribution in [0.2, 0.25) is 0 Å². The number of hydrogen-bond acceptors (Lipinski definition) is 4.